The van der Waals surface area contributed by atoms with Crippen molar-refractivity contribution in [2.24, 2.45) is 0 Å². The first-order chi connectivity index (χ1) is 11.9. The van der Waals surface area contributed by atoms with Crippen LogP contribution in [-0.2, 0) is 17.5 Å². The Hall–Kier alpha value is -3.09. The highest BCUT2D eigenvalue weighted by Crippen LogP contribution is 2.29. The van der Waals surface area contributed by atoms with Gasteiger partial charge in [-0.1, -0.05) is 12.1 Å². The van der Waals surface area contributed by atoms with Gasteiger partial charge < -0.3 is 4.74 Å². The molecular formula is C18H13F3N2O2. The molecular weight excluding hydrogens is 333 g/mol. The Morgan fingerprint density at radius 1 is 1.04 bits per heavy atom. The summed E-state index contributed by atoms with van der Waals surface area (Å²) in [7, 11) is 0. The number of benzene rings is 2. The number of nitrogens with zero attached hydrogens (tertiary/aromatic N) is 2. The third-order valence-corrected chi connectivity index (χ3v) is 3.52. The van der Waals surface area contributed by atoms with Crippen molar-refractivity contribution in [3.05, 3.63) is 83.7 Å². The van der Waals surface area contributed by atoms with Crippen LogP contribution in [0.15, 0.2) is 67.0 Å². The van der Waals surface area contributed by atoms with E-state index < -0.39 is 17.7 Å². The lowest BCUT2D eigenvalue weighted by Crippen LogP contribution is -2.08. The molecule has 0 spiro atoms. The van der Waals surface area contributed by atoms with E-state index in [1.807, 2.05) is 12.1 Å². The Morgan fingerprint density at radius 2 is 1.72 bits per heavy atom. The fourth-order valence-electron chi connectivity index (χ4n) is 2.19. The average molecular weight is 346 g/mol. The number of ether oxygens (including phenoxy) is 1. The minimum Gasteiger partial charge on any atom is -0.457 e. The molecule has 3 rings (SSSR count). The number of hydrogen-bond acceptors (Lipinski definition) is 3. The molecule has 1 aromatic heterocycles. The fraction of sp³-hybridized carbons (Fsp3) is 0.111. The van der Waals surface area contributed by atoms with E-state index in [0.29, 0.717) is 0 Å². The number of halogens is 3. The van der Waals surface area contributed by atoms with Gasteiger partial charge in [0.05, 0.1) is 16.8 Å². The van der Waals surface area contributed by atoms with Crippen LogP contribution in [0.3, 0.4) is 0 Å². The van der Waals surface area contributed by atoms with E-state index in [-0.39, 0.29) is 12.2 Å². The highest BCUT2D eigenvalue weighted by atomic mass is 19.4. The predicted molar refractivity (Wildman–Crippen MR) is 84.1 cm³/mol. The molecule has 0 fully saturated rings. The van der Waals surface area contributed by atoms with Gasteiger partial charge in [-0.25, -0.2) is 9.48 Å². The van der Waals surface area contributed by atoms with E-state index in [2.05, 4.69) is 5.10 Å². The Bertz CT molecular complexity index is 840. The van der Waals surface area contributed by atoms with Gasteiger partial charge in [-0.05, 0) is 48.0 Å². The van der Waals surface area contributed by atoms with Crippen molar-refractivity contribution in [1.82, 2.24) is 9.78 Å². The zero-order chi connectivity index (χ0) is 17.9. The first kappa shape index (κ1) is 16.8. The molecule has 128 valence electrons. The van der Waals surface area contributed by atoms with E-state index >= 15 is 0 Å². The zero-order valence-electron chi connectivity index (χ0n) is 12.9. The lowest BCUT2D eigenvalue weighted by Gasteiger charge is -2.08. The molecule has 3 aromatic rings. The van der Waals surface area contributed by atoms with Crippen molar-refractivity contribution in [3.8, 4) is 5.69 Å². The lowest BCUT2D eigenvalue weighted by molar-refractivity contribution is -0.137. The second-order valence-electron chi connectivity index (χ2n) is 5.27. The monoisotopic (exact) mass is 346 g/mol. The van der Waals surface area contributed by atoms with Crippen molar-refractivity contribution < 1.29 is 22.7 Å². The summed E-state index contributed by atoms with van der Waals surface area (Å²) in [5.41, 5.74) is 0.887. The van der Waals surface area contributed by atoms with Gasteiger partial charge in [0.15, 0.2) is 0 Å². The summed E-state index contributed by atoms with van der Waals surface area (Å²) in [6, 6.07) is 13.0. The van der Waals surface area contributed by atoms with Gasteiger partial charge in [-0.3, -0.25) is 0 Å². The topological polar surface area (TPSA) is 44.1 Å². The van der Waals surface area contributed by atoms with Crippen LogP contribution in [0, 0.1) is 0 Å². The van der Waals surface area contributed by atoms with Gasteiger partial charge >= 0.3 is 12.1 Å². The number of hydrogen-bond donors (Lipinski definition) is 0. The first-order valence-electron chi connectivity index (χ1n) is 7.37. The van der Waals surface area contributed by atoms with Crippen LogP contribution in [0.25, 0.3) is 5.69 Å². The van der Waals surface area contributed by atoms with E-state index in [1.54, 1.807) is 35.3 Å². The van der Waals surface area contributed by atoms with Gasteiger partial charge in [-0.2, -0.15) is 18.3 Å². The summed E-state index contributed by atoms with van der Waals surface area (Å²) in [6.07, 6.45) is -0.960. The molecule has 0 saturated carbocycles. The molecule has 4 nitrogen and oxygen atoms in total. The second-order valence-corrected chi connectivity index (χ2v) is 5.27. The Labute approximate surface area is 141 Å². The second kappa shape index (κ2) is 6.80. The SMILES string of the molecule is O=C(OCc1ccc(-n2cccn2)cc1)c1ccc(C(F)(F)F)cc1. The molecule has 0 radical (unpaired) electrons. The Morgan fingerprint density at radius 3 is 2.28 bits per heavy atom. The fourth-order valence-corrected chi connectivity index (χ4v) is 2.19. The molecule has 0 aliphatic carbocycles. The summed E-state index contributed by atoms with van der Waals surface area (Å²) in [6.45, 7) is 0.0270. The molecule has 1 heterocycles. The minimum atomic E-state index is -4.43. The van der Waals surface area contributed by atoms with Crippen LogP contribution >= 0.6 is 0 Å². The summed E-state index contributed by atoms with van der Waals surface area (Å²) >= 11 is 0. The maximum atomic E-state index is 12.5. The van der Waals surface area contributed by atoms with E-state index in [4.69, 9.17) is 4.74 Å². The van der Waals surface area contributed by atoms with Gasteiger partial charge in [0, 0.05) is 12.4 Å². The third kappa shape index (κ3) is 4.06. The van der Waals surface area contributed by atoms with Crippen molar-refractivity contribution in [1.29, 1.82) is 0 Å². The summed E-state index contributed by atoms with van der Waals surface area (Å²) in [4.78, 5) is 11.9. The molecule has 0 saturated heterocycles. The number of carbonyl (C=O) groups is 1. The quantitative estimate of drug-likeness (QED) is 0.664. The summed E-state index contributed by atoms with van der Waals surface area (Å²) in [5.74, 6) is -0.676. The number of rotatable bonds is 4. The Kier molecular flexibility index (Phi) is 4.56. The van der Waals surface area contributed by atoms with Gasteiger partial charge in [0.2, 0.25) is 0 Å². The molecule has 2 aromatic carbocycles. The molecule has 25 heavy (non-hydrogen) atoms. The highest BCUT2D eigenvalue weighted by Gasteiger charge is 2.30. The van der Waals surface area contributed by atoms with Gasteiger partial charge in [0.1, 0.15) is 6.61 Å². The van der Waals surface area contributed by atoms with Gasteiger partial charge in [-0.15, -0.1) is 0 Å². The normalized spacial score (nSPS) is 11.3. The predicted octanol–water partition coefficient (Wildman–Crippen LogP) is 4.25. The number of carbonyl (C=O) groups excluding carboxylic acids is 1. The maximum Gasteiger partial charge on any atom is 0.416 e. The summed E-state index contributed by atoms with van der Waals surface area (Å²) in [5, 5.41) is 4.11. The molecule has 0 N–H and O–H groups in total. The summed E-state index contributed by atoms with van der Waals surface area (Å²) < 4.78 is 44.3. The minimum absolute atomic E-state index is 0.0270. The van der Waals surface area contributed by atoms with Gasteiger partial charge in [0.25, 0.3) is 0 Å². The number of aromatic nitrogens is 2. The third-order valence-electron chi connectivity index (χ3n) is 3.52. The lowest BCUT2D eigenvalue weighted by atomic mass is 10.1. The van der Waals surface area contributed by atoms with E-state index in [1.165, 1.54) is 0 Å². The zero-order valence-corrected chi connectivity index (χ0v) is 12.9. The van der Waals surface area contributed by atoms with Crippen molar-refractivity contribution in [2.75, 3.05) is 0 Å². The molecule has 0 aliphatic rings. The molecule has 0 unspecified atom stereocenters. The van der Waals surface area contributed by atoms with Crippen molar-refractivity contribution >= 4 is 5.97 Å². The smallest absolute Gasteiger partial charge is 0.416 e. The molecule has 0 aliphatic heterocycles. The highest BCUT2D eigenvalue weighted by molar-refractivity contribution is 5.89. The first-order valence-corrected chi connectivity index (χ1v) is 7.37. The largest absolute Gasteiger partial charge is 0.457 e. The molecule has 7 heteroatoms. The van der Waals surface area contributed by atoms with Crippen LogP contribution in [-0.4, -0.2) is 15.7 Å². The molecule has 0 amide bonds. The number of alkyl halides is 3. The van der Waals surface area contributed by atoms with Crippen LogP contribution in [0.2, 0.25) is 0 Å². The average Bonchev–Trinajstić information content (AvgIpc) is 3.14. The van der Waals surface area contributed by atoms with Crippen molar-refractivity contribution in [2.45, 2.75) is 12.8 Å². The van der Waals surface area contributed by atoms with Crippen LogP contribution in [0.4, 0.5) is 13.2 Å². The molecule has 0 bridgehead atoms. The van der Waals surface area contributed by atoms with E-state index in [0.717, 1.165) is 35.5 Å². The Balaban J connectivity index is 1.60. The van der Waals surface area contributed by atoms with Crippen LogP contribution < -0.4 is 0 Å². The molecule has 0 atom stereocenters. The van der Waals surface area contributed by atoms with Crippen molar-refractivity contribution in [3.63, 3.8) is 0 Å². The van der Waals surface area contributed by atoms with Crippen LogP contribution in [0.5, 0.6) is 0 Å². The maximum absolute atomic E-state index is 12.5. The number of esters is 1. The van der Waals surface area contributed by atoms with E-state index in [9.17, 15) is 18.0 Å². The van der Waals surface area contributed by atoms with Crippen LogP contribution in [0.1, 0.15) is 21.5 Å². The standard InChI is InChI=1S/C18H13F3N2O2/c19-18(20,21)15-6-4-14(5-7-15)17(24)25-12-13-2-8-16(9-3-13)23-11-1-10-22-23/h1-11H,12H2.